The third-order valence-corrected chi connectivity index (χ3v) is 2.47. The van der Waals surface area contributed by atoms with Crippen LogP contribution in [0.3, 0.4) is 0 Å². The predicted octanol–water partition coefficient (Wildman–Crippen LogP) is 0.330. The largest absolute Gasteiger partial charge is 0.481 e. The van der Waals surface area contributed by atoms with Gasteiger partial charge in [0.1, 0.15) is 0 Å². The van der Waals surface area contributed by atoms with Crippen molar-refractivity contribution in [3.05, 3.63) is 18.0 Å². The van der Waals surface area contributed by atoms with Crippen LogP contribution < -0.4 is 10.6 Å². The van der Waals surface area contributed by atoms with Crippen LogP contribution in [0.4, 0.5) is 4.79 Å². The monoisotopic (exact) mass is 254 g/mol. The van der Waals surface area contributed by atoms with Gasteiger partial charge in [-0.1, -0.05) is 0 Å². The zero-order chi connectivity index (χ0) is 13.8. The highest BCUT2D eigenvalue weighted by molar-refractivity contribution is 5.77. The van der Waals surface area contributed by atoms with Crippen LogP contribution in [-0.2, 0) is 18.4 Å². The Morgan fingerprint density at radius 3 is 2.61 bits per heavy atom. The number of hydrogen-bond donors (Lipinski definition) is 3. The lowest BCUT2D eigenvalue weighted by molar-refractivity contribution is -0.146. The van der Waals surface area contributed by atoms with Gasteiger partial charge in [0.2, 0.25) is 0 Å². The zero-order valence-corrected chi connectivity index (χ0v) is 10.7. The van der Waals surface area contributed by atoms with Crippen molar-refractivity contribution in [3.63, 3.8) is 0 Å². The summed E-state index contributed by atoms with van der Waals surface area (Å²) in [6.45, 7) is 3.47. The lowest BCUT2D eigenvalue weighted by atomic mass is 9.94. The fourth-order valence-electron chi connectivity index (χ4n) is 1.17. The number of rotatable bonds is 5. The summed E-state index contributed by atoms with van der Waals surface area (Å²) in [6, 6.07) is 1.39. The molecule has 0 saturated heterocycles. The standard InChI is InChI=1S/C11H18N4O3/c1-11(2,9(16)17)7-13-10(18)12-6-8-4-5-15(3)14-8/h4-5H,6-7H2,1-3H3,(H,16,17)(H2,12,13,18). The minimum absolute atomic E-state index is 0.0659. The van der Waals surface area contributed by atoms with Crippen molar-refractivity contribution in [1.82, 2.24) is 20.4 Å². The molecule has 0 fully saturated rings. The molecule has 0 spiro atoms. The van der Waals surface area contributed by atoms with Crippen LogP contribution in [-0.4, -0.2) is 33.4 Å². The van der Waals surface area contributed by atoms with Crippen molar-refractivity contribution in [2.75, 3.05) is 6.54 Å². The Kier molecular flexibility index (Phi) is 4.30. The molecule has 1 aromatic heterocycles. The second-order valence-electron chi connectivity index (χ2n) is 4.71. The summed E-state index contributed by atoms with van der Waals surface area (Å²) < 4.78 is 1.64. The smallest absolute Gasteiger partial charge is 0.315 e. The molecule has 7 heteroatoms. The third kappa shape index (κ3) is 4.08. The number of nitrogens with one attached hydrogen (secondary N) is 2. The lowest BCUT2D eigenvalue weighted by Gasteiger charge is -2.19. The van der Waals surface area contributed by atoms with E-state index >= 15 is 0 Å². The molecule has 0 saturated carbocycles. The number of carboxylic acid groups (broad SMARTS) is 1. The number of aromatic nitrogens is 2. The Hall–Kier alpha value is -2.05. The van der Waals surface area contributed by atoms with E-state index in [9.17, 15) is 9.59 Å². The maximum atomic E-state index is 11.4. The second-order valence-corrected chi connectivity index (χ2v) is 4.71. The van der Waals surface area contributed by atoms with Crippen LogP contribution in [0.5, 0.6) is 0 Å². The zero-order valence-electron chi connectivity index (χ0n) is 10.7. The van der Waals surface area contributed by atoms with Gasteiger partial charge in [0.15, 0.2) is 0 Å². The van der Waals surface area contributed by atoms with E-state index < -0.39 is 17.4 Å². The Morgan fingerprint density at radius 2 is 2.11 bits per heavy atom. The van der Waals surface area contributed by atoms with Gasteiger partial charge in [-0.25, -0.2) is 4.79 Å². The first-order valence-corrected chi connectivity index (χ1v) is 5.55. The van der Waals surface area contributed by atoms with Gasteiger partial charge in [-0.3, -0.25) is 9.48 Å². The third-order valence-electron chi connectivity index (χ3n) is 2.47. The molecule has 0 bridgehead atoms. The molecule has 0 radical (unpaired) electrons. The highest BCUT2D eigenvalue weighted by Gasteiger charge is 2.27. The Balaban J connectivity index is 2.32. The van der Waals surface area contributed by atoms with Crippen molar-refractivity contribution in [2.24, 2.45) is 12.5 Å². The van der Waals surface area contributed by atoms with Gasteiger partial charge in [0.05, 0.1) is 17.7 Å². The summed E-state index contributed by atoms with van der Waals surface area (Å²) in [5.41, 5.74) is -0.243. The van der Waals surface area contributed by atoms with Crippen LogP contribution >= 0.6 is 0 Å². The number of aryl methyl sites for hydroxylation is 1. The number of urea groups is 1. The van der Waals surface area contributed by atoms with Crippen molar-refractivity contribution < 1.29 is 14.7 Å². The summed E-state index contributed by atoms with van der Waals surface area (Å²) in [5, 5.41) is 18.1. The predicted molar refractivity (Wildman–Crippen MR) is 64.9 cm³/mol. The first kappa shape index (κ1) is 14.0. The van der Waals surface area contributed by atoms with E-state index in [4.69, 9.17) is 5.11 Å². The molecule has 0 aliphatic heterocycles. The Labute approximate surface area is 105 Å². The van der Waals surface area contributed by atoms with Crippen LogP contribution in [0.2, 0.25) is 0 Å². The molecular formula is C11H18N4O3. The number of carbonyl (C=O) groups is 2. The molecule has 18 heavy (non-hydrogen) atoms. The van der Waals surface area contributed by atoms with Crippen LogP contribution in [0.15, 0.2) is 12.3 Å². The van der Waals surface area contributed by atoms with Crippen molar-refractivity contribution in [3.8, 4) is 0 Å². The van der Waals surface area contributed by atoms with Crippen LogP contribution in [0.25, 0.3) is 0 Å². The van der Waals surface area contributed by atoms with Crippen molar-refractivity contribution >= 4 is 12.0 Å². The van der Waals surface area contributed by atoms with Gasteiger partial charge in [-0.05, 0) is 19.9 Å². The highest BCUT2D eigenvalue weighted by Crippen LogP contribution is 2.12. The maximum Gasteiger partial charge on any atom is 0.315 e. The molecule has 100 valence electrons. The van der Waals surface area contributed by atoms with E-state index in [1.54, 1.807) is 37.8 Å². The first-order valence-electron chi connectivity index (χ1n) is 5.55. The summed E-state index contributed by atoms with van der Waals surface area (Å²) in [6.07, 6.45) is 1.78. The lowest BCUT2D eigenvalue weighted by Crippen LogP contribution is -2.43. The van der Waals surface area contributed by atoms with Crippen LogP contribution in [0.1, 0.15) is 19.5 Å². The number of carboxylic acids is 1. The fraction of sp³-hybridized carbons (Fsp3) is 0.545. The number of amides is 2. The van der Waals surface area contributed by atoms with E-state index in [0.29, 0.717) is 6.54 Å². The van der Waals surface area contributed by atoms with E-state index in [0.717, 1.165) is 5.69 Å². The van der Waals surface area contributed by atoms with Crippen molar-refractivity contribution in [1.29, 1.82) is 0 Å². The van der Waals surface area contributed by atoms with Gasteiger partial charge in [0.25, 0.3) is 0 Å². The fourth-order valence-corrected chi connectivity index (χ4v) is 1.17. The van der Waals surface area contributed by atoms with Gasteiger partial charge in [-0.2, -0.15) is 5.10 Å². The normalized spacial score (nSPS) is 11.1. The van der Waals surface area contributed by atoms with E-state index in [-0.39, 0.29) is 6.54 Å². The van der Waals surface area contributed by atoms with E-state index in [2.05, 4.69) is 15.7 Å². The molecule has 1 heterocycles. The number of carbonyl (C=O) groups excluding carboxylic acids is 1. The van der Waals surface area contributed by atoms with Gasteiger partial charge >= 0.3 is 12.0 Å². The molecule has 0 atom stereocenters. The molecule has 0 unspecified atom stereocenters. The number of aliphatic carboxylic acids is 1. The molecule has 0 aliphatic rings. The molecule has 1 aromatic rings. The SMILES string of the molecule is Cn1ccc(CNC(=O)NCC(C)(C)C(=O)O)n1. The Morgan fingerprint density at radius 1 is 1.44 bits per heavy atom. The first-order chi connectivity index (χ1) is 8.31. The average molecular weight is 254 g/mol. The minimum atomic E-state index is -0.984. The highest BCUT2D eigenvalue weighted by atomic mass is 16.4. The molecule has 2 amide bonds. The van der Waals surface area contributed by atoms with E-state index in [1.165, 1.54) is 0 Å². The summed E-state index contributed by atoms with van der Waals surface area (Å²) in [4.78, 5) is 22.3. The van der Waals surface area contributed by atoms with Gasteiger partial charge < -0.3 is 15.7 Å². The molecule has 0 aliphatic carbocycles. The molecule has 7 nitrogen and oxygen atoms in total. The summed E-state index contributed by atoms with van der Waals surface area (Å²) >= 11 is 0. The average Bonchev–Trinajstić information content (AvgIpc) is 2.69. The summed E-state index contributed by atoms with van der Waals surface area (Å²) in [7, 11) is 1.79. The van der Waals surface area contributed by atoms with E-state index in [1.807, 2.05) is 0 Å². The molecule has 0 aromatic carbocycles. The summed E-state index contributed by atoms with van der Waals surface area (Å²) in [5.74, 6) is -0.951. The molecular weight excluding hydrogens is 236 g/mol. The molecule has 3 N–H and O–H groups in total. The van der Waals surface area contributed by atoms with Crippen molar-refractivity contribution in [2.45, 2.75) is 20.4 Å². The minimum Gasteiger partial charge on any atom is -0.481 e. The van der Waals surface area contributed by atoms with Crippen LogP contribution in [0, 0.1) is 5.41 Å². The number of nitrogens with zero attached hydrogens (tertiary/aromatic N) is 2. The number of hydrogen-bond acceptors (Lipinski definition) is 3. The topological polar surface area (TPSA) is 96.2 Å². The quantitative estimate of drug-likeness (QED) is 0.705. The van der Waals surface area contributed by atoms with Gasteiger partial charge in [0, 0.05) is 19.8 Å². The molecule has 1 rings (SSSR count). The maximum absolute atomic E-state index is 11.4. The Bertz CT molecular complexity index is 439. The van der Waals surface area contributed by atoms with Gasteiger partial charge in [-0.15, -0.1) is 0 Å². The second kappa shape index (κ2) is 5.52.